The molecule has 0 saturated carbocycles. The molecule has 0 bridgehead atoms. The number of phenols is 1. The number of fused-ring (bicyclic) bond motifs is 1. The van der Waals surface area contributed by atoms with E-state index >= 15 is 0 Å². The fourth-order valence-electron chi connectivity index (χ4n) is 3.71. The minimum absolute atomic E-state index is 0.00864. The number of hydrogen-bond donors (Lipinski definition) is 2. The Kier molecular flexibility index (Phi) is 5.03. The van der Waals surface area contributed by atoms with Crippen molar-refractivity contribution in [2.24, 2.45) is 7.05 Å². The van der Waals surface area contributed by atoms with Crippen LogP contribution >= 0.6 is 22.9 Å². The first-order chi connectivity index (χ1) is 13.3. The summed E-state index contributed by atoms with van der Waals surface area (Å²) in [5.41, 5.74) is 1.44. The summed E-state index contributed by atoms with van der Waals surface area (Å²) in [4.78, 5) is 24.4. The molecule has 1 fully saturated rings. The molecule has 2 N–H and O–H groups in total. The van der Waals surface area contributed by atoms with Crippen molar-refractivity contribution in [3.8, 4) is 17.1 Å². The van der Waals surface area contributed by atoms with Crippen LogP contribution in [0.25, 0.3) is 21.7 Å². The number of benzene rings is 1. The number of rotatable bonds is 3. The van der Waals surface area contributed by atoms with Gasteiger partial charge in [-0.05, 0) is 51.1 Å². The number of phenolic OH excluding ortho intramolecular Hbond substituents is 1. The third-order valence-electron chi connectivity index (χ3n) is 5.09. The molecule has 0 unspecified atom stereocenters. The van der Waals surface area contributed by atoms with Gasteiger partial charge in [-0.1, -0.05) is 22.9 Å². The van der Waals surface area contributed by atoms with E-state index in [-0.39, 0.29) is 11.3 Å². The number of anilines is 1. The molecule has 1 aliphatic rings. The van der Waals surface area contributed by atoms with Crippen molar-refractivity contribution in [3.63, 3.8) is 0 Å². The van der Waals surface area contributed by atoms with Crippen LogP contribution in [-0.4, -0.2) is 50.7 Å². The Morgan fingerprint density at radius 2 is 2.11 bits per heavy atom. The molecule has 0 amide bonds. The average molecular weight is 420 g/mol. The summed E-state index contributed by atoms with van der Waals surface area (Å²) in [7, 11) is 3.76. The van der Waals surface area contributed by atoms with E-state index in [1.165, 1.54) is 22.0 Å². The van der Waals surface area contributed by atoms with Gasteiger partial charge in [0, 0.05) is 24.7 Å². The van der Waals surface area contributed by atoms with Gasteiger partial charge in [0.2, 0.25) is 0 Å². The molecule has 3 heterocycles. The van der Waals surface area contributed by atoms with E-state index in [1.54, 1.807) is 13.1 Å². The van der Waals surface area contributed by atoms with Crippen LogP contribution in [0.3, 0.4) is 0 Å². The summed E-state index contributed by atoms with van der Waals surface area (Å²) in [6, 6.07) is 3.50. The number of likely N-dealkylation sites (tertiary alicyclic amines) is 1. The zero-order chi connectivity index (χ0) is 20.0. The van der Waals surface area contributed by atoms with Gasteiger partial charge in [0.25, 0.3) is 5.56 Å². The van der Waals surface area contributed by atoms with Crippen LogP contribution in [0.15, 0.2) is 16.9 Å². The Hall–Kier alpha value is -2.16. The standard InChI is InChI=1S/C19H22ClN5O2S/c1-10-7-11(20)8-13(26)14(10)17-22-16-15(18(27)25(17)3)28-19(23-16)21-12-5-4-6-24(2)9-12/h7-8,12,26H,4-6,9H2,1-3H3,(H,21,23)/t12-/m1/s1. The minimum Gasteiger partial charge on any atom is -0.507 e. The Morgan fingerprint density at radius 1 is 1.32 bits per heavy atom. The summed E-state index contributed by atoms with van der Waals surface area (Å²) in [5.74, 6) is 0.365. The molecule has 4 rings (SSSR count). The van der Waals surface area contributed by atoms with Crippen molar-refractivity contribution < 1.29 is 5.11 Å². The fraction of sp³-hybridized carbons (Fsp3) is 0.421. The van der Waals surface area contributed by atoms with Gasteiger partial charge in [-0.15, -0.1) is 0 Å². The van der Waals surface area contributed by atoms with Crippen molar-refractivity contribution in [1.29, 1.82) is 0 Å². The Bertz CT molecular complexity index is 1090. The number of likely N-dealkylation sites (N-methyl/N-ethyl adjacent to an activating group) is 1. The number of halogens is 1. The molecule has 148 valence electrons. The largest absolute Gasteiger partial charge is 0.507 e. The summed E-state index contributed by atoms with van der Waals surface area (Å²) in [6.07, 6.45) is 2.22. The highest BCUT2D eigenvalue weighted by Gasteiger charge is 2.21. The van der Waals surface area contributed by atoms with Gasteiger partial charge in [0.1, 0.15) is 16.3 Å². The fourth-order valence-corrected chi connectivity index (χ4v) is 4.94. The molecule has 1 aromatic carbocycles. The maximum absolute atomic E-state index is 12.9. The highest BCUT2D eigenvalue weighted by molar-refractivity contribution is 7.22. The molecular weight excluding hydrogens is 398 g/mol. The van der Waals surface area contributed by atoms with Crippen LogP contribution in [0.1, 0.15) is 18.4 Å². The van der Waals surface area contributed by atoms with E-state index in [0.29, 0.717) is 37.9 Å². The van der Waals surface area contributed by atoms with Crippen LogP contribution in [0, 0.1) is 6.92 Å². The second-order valence-electron chi connectivity index (χ2n) is 7.33. The molecule has 2 aromatic heterocycles. The van der Waals surface area contributed by atoms with Crippen molar-refractivity contribution in [2.45, 2.75) is 25.8 Å². The Balaban J connectivity index is 1.77. The summed E-state index contributed by atoms with van der Waals surface area (Å²) < 4.78 is 1.96. The second-order valence-corrected chi connectivity index (χ2v) is 8.77. The monoisotopic (exact) mass is 419 g/mol. The first-order valence-corrected chi connectivity index (χ1v) is 10.3. The normalized spacial score (nSPS) is 17.9. The van der Waals surface area contributed by atoms with Gasteiger partial charge >= 0.3 is 0 Å². The van der Waals surface area contributed by atoms with Gasteiger partial charge in [-0.2, -0.15) is 4.98 Å². The minimum atomic E-state index is -0.180. The lowest BCUT2D eigenvalue weighted by atomic mass is 10.1. The average Bonchev–Trinajstić information content (AvgIpc) is 3.01. The van der Waals surface area contributed by atoms with E-state index < -0.39 is 0 Å². The highest BCUT2D eigenvalue weighted by atomic mass is 35.5. The summed E-state index contributed by atoms with van der Waals surface area (Å²) >= 11 is 7.34. The van der Waals surface area contributed by atoms with Gasteiger partial charge in [0.15, 0.2) is 10.8 Å². The molecule has 1 atom stereocenters. The lowest BCUT2D eigenvalue weighted by Crippen LogP contribution is -2.39. The zero-order valence-electron chi connectivity index (χ0n) is 16.0. The third-order valence-corrected chi connectivity index (χ3v) is 6.27. The van der Waals surface area contributed by atoms with E-state index in [1.807, 2.05) is 6.92 Å². The van der Waals surface area contributed by atoms with Gasteiger partial charge in [0.05, 0.1) is 5.56 Å². The molecule has 7 nitrogen and oxygen atoms in total. The maximum atomic E-state index is 12.9. The topological polar surface area (TPSA) is 83.3 Å². The molecule has 9 heteroatoms. The van der Waals surface area contributed by atoms with Crippen LogP contribution in [0.4, 0.5) is 5.13 Å². The second kappa shape index (κ2) is 7.35. The molecule has 0 radical (unpaired) electrons. The highest BCUT2D eigenvalue weighted by Crippen LogP contribution is 2.34. The van der Waals surface area contributed by atoms with Crippen LogP contribution in [-0.2, 0) is 7.05 Å². The number of nitrogens with zero attached hydrogens (tertiary/aromatic N) is 4. The van der Waals surface area contributed by atoms with Crippen LogP contribution in [0.2, 0.25) is 5.02 Å². The predicted molar refractivity (Wildman–Crippen MR) is 114 cm³/mol. The number of nitrogens with one attached hydrogen (secondary N) is 1. The molecule has 1 aliphatic heterocycles. The number of hydrogen-bond acceptors (Lipinski definition) is 7. The summed E-state index contributed by atoms with van der Waals surface area (Å²) in [5, 5.41) is 15.0. The van der Waals surface area contributed by atoms with Crippen molar-refractivity contribution in [2.75, 3.05) is 25.5 Å². The first-order valence-electron chi connectivity index (χ1n) is 9.15. The number of thiazole rings is 1. The van der Waals surface area contributed by atoms with Gasteiger partial charge in [-0.3, -0.25) is 9.36 Å². The van der Waals surface area contributed by atoms with E-state index in [9.17, 15) is 9.90 Å². The number of piperidine rings is 1. The Morgan fingerprint density at radius 3 is 2.82 bits per heavy atom. The van der Waals surface area contributed by atoms with E-state index in [2.05, 4.69) is 27.2 Å². The third kappa shape index (κ3) is 3.47. The van der Waals surface area contributed by atoms with E-state index in [0.717, 1.165) is 31.5 Å². The molecule has 1 saturated heterocycles. The SMILES string of the molecule is Cc1cc(Cl)cc(O)c1-c1nc2nc(N[C@@H]3CCCN(C)C3)sc2c(=O)n1C. The van der Waals surface area contributed by atoms with Crippen LogP contribution in [0.5, 0.6) is 5.75 Å². The van der Waals surface area contributed by atoms with Gasteiger partial charge in [-0.25, -0.2) is 4.98 Å². The number of aromatic nitrogens is 3. The van der Waals surface area contributed by atoms with Crippen LogP contribution < -0.4 is 10.9 Å². The molecule has 0 spiro atoms. The number of aryl methyl sites for hydroxylation is 1. The van der Waals surface area contributed by atoms with E-state index in [4.69, 9.17) is 11.6 Å². The van der Waals surface area contributed by atoms with Gasteiger partial charge < -0.3 is 15.3 Å². The molecule has 3 aromatic rings. The first kappa shape index (κ1) is 19.2. The molecular formula is C19H22ClN5O2S. The van der Waals surface area contributed by atoms with Crippen molar-refractivity contribution in [3.05, 3.63) is 33.1 Å². The zero-order valence-corrected chi connectivity index (χ0v) is 17.6. The Labute approximate surface area is 171 Å². The molecule has 0 aliphatic carbocycles. The smallest absolute Gasteiger partial charge is 0.273 e. The lowest BCUT2D eigenvalue weighted by molar-refractivity contribution is 0.261. The van der Waals surface area contributed by atoms with Crippen molar-refractivity contribution >= 4 is 38.4 Å². The van der Waals surface area contributed by atoms with Crippen molar-refractivity contribution in [1.82, 2.24) is 19.4 Å². The predicted octanol–water partition coefficient (Wildman–Crippen LogP) is 3.23. The quantitative estimate of drug-likeness (QED) is 0.678. The lowest BCUT2D eigenvalue weighted by Gasteiger charge is -2.29. The summed E-state index contributed by atoms with van der Waals surface area (Å²) in [6.45, 7) is 3.88. The maximum Gasteiger partial charge on any atom is 0.273 e. The molecule has 28 heavy (non-hydrogen) atoms. The number of aromatic hydroxyl groups is 1.